The van der Waals surface area contributed by atoms with E-state index in [1.165, 1.54) is 21.3 Å². The van der Waals surface area contributed by atoms with Gasteiger partial charge in [-0.25, -0.2) is 0 Å². The fourth-order valence-electron chi connectivity index (χ4n) is 2.77. The molecule has 0 aliphatic heterocycles. The molecule has 1 rings (SSSR count). The van der Waals surface area contributed by atoms with Crippen molar-refractivity contribution in [3.63, 3.8) is 0 Å². The molecule has 0 fully saturated rings. The van der Waals surface area contributed by atoms with Crippen molar-refractivity contribution in [2.75, 3.05) is 34.5 Å². The molecule has 0 bridgehead atoms. The van der Waals surface area contributed by atoms with Gasteiger partial charge in [-0.05, 0) is 25.0 Å². The van der Waals surface area contributed by atoms with Crippen LogP contribution in [0.3, 0.4) is 0 Å². The fraction of sp³-hybridized carbons (Fsp3) is 0.632. The van der Waals surface area contributed by atoms with Crippen LogP contribution in [0.4, 0.5) is 0 Å². The van der Waals surface area contributed by atoms with Gasteiger partial charge in [-0.15, -0.1) is 0 Å². The van der Waals surface area contributed by atoms with Gasteiger partial charge >= 0.3 is 0 Å². The average Bonchev–Trinajstić information content (AvgIpc) is 2.67. The summed E-state index contributed by atoms with van der Waals surface area (Å²) >= 11 is 0. The van der Waals surface area contributed by atoms with Crippen LogP contribution in [0.25, 0.3) is 0 Å². The van der Waals surface area contributed by atoms with Gasteiger partial charge in [0.2, 0.25) is 5.75 Å². The largest absolute Gasteiger partial charge is 0.493 e. The van der Waals surface area contributed by atoms with Crippen molar-refractivity contribution in [2.45, 2.75) is 39.5 Å². The van der Waals surface area contributed by atoms with Gasteiger partial charge in [-0.3, -0.25) is 4.79 Å². The number of aliphatic hydroxyl groups is 1. The quantitative estimate of drug-likeness (QED) is 0.639. The number of ether oxygens (including phenoxy) is 3. The molecule has 1 amide bonds. The maximum Gasteiger partial charge on any atom is 0.251 e. The van der Waals surface area contributed by atoms with Crippen molar-refractivity contribution >= 4 is 5.91 Å². The Balaban J connectivity index is 2.96. The van der Waals surface area contributed by atoms with E-state index in [9.17, 15) is 9.90 Å². The molecule has 2 N–H and O–H groups in total. The molecule has 1 aromatic carbocycles. The minimum Gasteiger partial charge on any atom is -0.493 e. The molecule has 1 atom stereocenters. The maximum atomic E-state index is 12.6. The zero-order valence-corrected chi connectivity index (χ0v) is 16.0. The lowest BCUT2D eigenvalue weighted by atomic mass is 9.81. The van der Waals surface area contributed by atoms with Crippen molar-refractivity contribution in [1.29, 1.82) is 0 Å². The lowest BCUT2D eigenvalue weighted by molar-refractivity contribution is 0.0829. The summed E-state index contributed by atoms with van der Waals surface area (Å²) in [4.78, 5) is 12.6. The highest BCUT2D eigenvalue weighted by atomic mass is 16.5. The molecule has 0 aliphatic carbocycles. The van der Waals surface area contributed by atoms with Crippen LogP contribution in [0.15, 0.2) is 12.1 Å². The zero-order valence-electron chi connectivity index (χ0n) is 16.0. The summed E-state index contributed by atoms with van der Waals surface area (Å²) in [7, 11) is 4.54. The first-order chi connectivity index (χ1) is 12.0. The minimum absolute atomic E-state index is 0.0546. The third-order valence-electron chi connectivity index (χ3n) is 4.70. The molecule has 6 nitrogen and oxygen atoms in total. The van der Waals surface area contributed by atoms with Crippen LogP contribution in [0, 0.1) is 5.41 Å². The number of carbonyl (C=O) groups is 1. The summed E-state index contributed by atoms with van der Waals surface area (Å²) < 4.78 is 15.8. The highest BCUT2D eigenvalue weighted by Gasteiger charge is 2.28. The number of nitrogens with one attached hydrogen (secondary N) is 1. The van der Waals surface area contributed by atoms with Crippen LogP contribution in [-0.4, -0.2) is 45.5 Å². The topological polar surface area (TPSA) is 77.0 Å². The highest BCUT2D eigenvalue weighted by Crippen LogP contribution is 2.38. The first kappa shape index (κ1) is 21.1. The van der Waals surface area contributed by atoms with E-state index in [4.69, 9.17) is 14.2 Å². The standard InChI is InChI=1S/C19H31NO5/c1-6-8-9-19(7-2,13-21)12-20-18(22)14-10-15(23-3)17(25-5)16(11-14)24-4/h10-11,21H,6-9,12-13H2,1-5H3,(H,20,22). The fourth-order valence-corrected chi connectivity index (χ4v) is 2.77. The summed E-state index contributed by atoms with van der Waals surface area (Å²) in [5, 5.41) is 12.8. The lowest BCUT2D eigenvalue weighted by Crippen LogP contribution is -2.39. The summed E-state index contributed by atoms with van der Waals surface area (Å²) in [5.74, 6) is 1.08. The van der Waals surface area contributed by atoms with Gasteiger partial charge in [0, 0.05) is 17.5 Å². The van der Waals surface area contributed by atoms with E-state index in [1.54, 1.807) is 12.1 Å². The lowest BCUT2D eigenvalue weighted by Gasteiger charge is -2.31. The predicted octanol–water partition coefficient (Wildman–Crippen LogP) is 3.02. The maximum absolute atomic E-state index is 12.6. The molecule has 0 radical (unpaired) electrons. The summed E-state index contributed by atoms with van der Waals surface area (Å²) in [5.41, 5.74) is 0.139. The van der Waals surface area contributed by atoms with Crippen molar-refractivity contribution in [3.05, 3.63) is 17.7 Å². The van der Waals surface area contributed by atoms with Gasteiger partial charge in [-0.1, -0.05) is 26.7 Å². The molecule has 0 saturated heterocycles. The first-order valence-corrected chi connectivity index (χ1v) is 8.69. The van der Waals surface area contributed by atoms with Gasteiger partial charge < -0.3 is 24.6 Å². The second kappa shape index (κ2) is 10.1. The number of amides is 1. The Labute approximate surface area is 150 Å². The van der Waals surface area contributed by atoms with Gasteiger partial charge in [-0.2, -0.15) is 0 Å². The molecule has 6 heteroatoms. The van der Waals surface area contributed by atoms with Crippen LogP contribution >= 0.6 is 0 Å². The third kappa shape index (κ3) is 5.26. The van der Waals surface area contributed by atoms with Crippen LogP contribution in [0.5, 0.6) is 17.2 Å². The van der Waals surface area contributed by atoms with Gasteiger partial charge in [0.05, 0.1) is 27.9 Å². The second-order valence-corrected chi connectivity index (χ2v) is 6.21. The molecular formula is C19H31NO5. The predicted molar refractivity (Wildman–Crippen MR) is 97.8 cm³/mol. The Kier molecular flexibility index (Phi) is 8.55. The van der Waals surface area contributed by atoms with Gasteiger partial charge in [0.1, 0.15) is 0 Å². The number of methoxy groups -OCH3 is 3. The van der Waals surface area contributed by atoms with Crippen molar-refractivity contribution < 1.29 is 24.1 Å². The molecule has 1 aromatic rings. The molecule has 0 spiro atoms. The Morgan fingerprint density at radius 2 is 1.72 bits per heavy atom. The Hall–Kier alpha value is -1.95. The third-order valence-corrected chi connectivity index (χ3v) is 4.70. The summed E-state index contributed by atoms with van der Waals surface area (Å²) in [6.07, 6.45) is 3.77. The van der Waals surface area contributed by atoms with E-state index in [1.807, 2.05) is 6.92 Å². The number of carbonyl (C=O) groups excluding carboxylic acids is 1. The Bertz CT molecular complexity index is 530. The number of aliphatic hydroxyl groups excluding tert-OH is 1. The monoisotopic (exact) mass is 353 g/mol. The second-order valence-electron chi connectivity index (χ2n) is 6.21. The van der Waals surface area contributed by atoms with Gasteiger partial charge in [0.25, 0.3) is 5.91 Å². The molecule has 0 aromatic heterocycles. The summed E-state index contributed by atoms with van der Waals surface area (Å²) in [6.45, 7) is 4.64. The van der Waals surface area contributed by atoms with Crippen molar-refractivity contribution in [3.8, 4) is 17.2 Å². The molecule has 0 saturated carbocycles. The average molecular weight is 353 g/mol. The van der Waals surface area contributed by atoms with E-state index in [0.29, 0.717) is 29.4 Å². The highest BCUT2D eigenvalue weighted by molar-refractivity contribution is 5.95. The number of rotatable bonds is 11. The van der Waals surface area contributed by atoms with Crippen LogP contribution < -0.4 is 19.5 Å². The van der Waals surface area contributed by atoms with E-state index < -0.39 is 0 Å². The van der Waals surface area contributed by atoms with Crippen LogP contribution in [0.2, 0.25) is 0 Å². The van der Waals surface area contributed by atoms with E-state index in [2.05, 4.69) is 12.2 Å². The Morgan fingerprint density at radius 3 is 2.12 bits per heavy atom. The smallest absolute Gasteiger partial charge is 0.251 e. The number of hydrogen-bond acceptors (Lipinski definition) is 5. The summed E-state index contributed by atoms with van der Waals surface area (Å²) in [6, 6.07) is 3.24. The first-order valence-electron chi connectivity index (χ1n) is 8.69. The normalized spacial score (nSPS) is 13.0. The SMILES string of the molecule is CCCCC(CC)(CO)CNC(=O)c1cc(OC)c(OC)c(OC)c1. The minimum atomic E-state index is -0.285. The van der Waals surface area contributed by atoms with E-state index in [0.717, 1.165) is 25.7 Å². The van der Waals surface area contributed by atoms with Crippen molar-refractivity contribution in [1.82, 2.24) is 5.32 Å². The van der Waals surface area contributed by atoms with Crippen LogP contribution in [-0.2, 0) is 0 Å². The number of benzene rings is 1. The molecule has 0 heterocycles. The Morgan fingerprint density at radius 1 is 1.12 bits per heavy atom. The molecule has 1 unspecified atom stereocenters. The number of unbranched alkanes of at least 4 members (excludes halogenated alkanes) is 1. The van der Waals surface area contributed by atoms with E-state index >= 15 is 0 Å². The zero-order chi connectivity index (χ0) is 18.9. The molecular weight excluding hydrogens is 322 g/mol. The molecule has 142 valence electrons. The number of hydrogen-bond donors (Lipinski definition) is 2. The van der Waals surface area contributed by atoms with Crippen LogP contribution in [0.1, 0.15) is 49.9 Å². The molecule has 25 heavy (non-hydrogen) atoms. The molecule has 0 aliphatic rings. The van der Waals surface area contributed by atoms with Gasteiger partial charge in [0.15, 0.2) is 11.5 Å². The van der Waals surface area contributed by atoms with E-state index in [-0.39, 0.29) is 17.9 Å². The van der Waals surface area contributed by atoms with Crippen molar-refractivity contribution in [2.24, 2.45) is 5.41 Å².